The van der Waals surface area contributed by atoms with Crippen LogP contribution in [0.2, 0.25) is 0 Å². The van der Waals surface area contributed by atoms with Crippen LogP contribution in [0.15, 0.2) is 65.6 Å². The van der Waals surface area contributed by atoms with Gasteiger partial charge in [0.2, 0.25) is 12.7 Å². The number of fused-ring (bicyclic) bond motifs is 1. The van der Waals surface area contributed by atoms with E-state index in [0.717, 1.165) is 6.07 Å². The Balaban J connectivity index is 1.46. The highest BCUT2D eigenvalue weighted by Crippen LogP contribution is 2.32. The van der Waals surface area contributed by atoms with Gasteiger partial charge in [0.05, 0.1) is 5.69 Å². The maximum atomic E-state index is 14.1. The highest BCUT2D eigenvalue weighted by Gasteiger charge is 2.17. The van der Waals surface area contributed by atoms with Crippen LogP contribution in [0.3, 0.4) is 0 Å². The number of nitrogens with one attached hydrogen (secondary N) is 2. The Hall–Kier alpha value is -4.14. The topological polar surface area (TPSA) is 98.7 Å². The number of ether oxygens (including phenoxy) is 2. The summed E-state index contributed by atoms with van der Waals surface area (Å²) in [5.41, 5.74) is 0.147. The minimum absolute atomic E-state index is 0.0938. The van der Waals surface area contributed by atoms with E-state index in [2.05, 4.69) is 10.6 Å². The number of benzene rings is 2. The first-order valence-electron chi connectivity index (χ1n) is 8.95. The number of nitrogens with zero attached hydrogens (tertiary/aromatic N) is 1. The van der Waals surface area contributed by atoms with E-state index in [0.29, 0.717) is 17.1 Å². The summed E-state index contributed by atoms with van der Waals surface area (Å²) < 4.78 is 25.8. The second-order valence-corrected chi connectivity index (χ2v) is 6.43. The molecule has 1 aromatic heterocycles. The molecule has 0 saturated heterocycles. The predicted molar refractivity (Wildman–Crippen MR) is 106 cm³/mol. The Kier molecular flexibility index (Phi) is 5.17. The van der Waals surface area contributed by atoms with Crippen molar-refractivity contribution in [3.63, 3.8) is 0 Å². The number of halogens is 1. The molecule has 0 spiro atoms. The highest BCUT2D eigenvalue weighted by molar-refractivity contribution is 6.05. The third kappa shape index (κ3) is 4.14. The second-order valence-electron chi connectivity index (χ2n) is 6.43. The fourth-order valence-corrected chi connectivity index (χ4v) is 2.88. The van der Waals surface area contributed by atoms with Crippen molar-refractivity contribution in [3.05, 3.63) is 82.5 Å². The Labute approximate surface area is 169 Å². The van der Waals surface area contributed by atoms with Gasteiger partial charge in [0.25, 0.3) is 11.5 Å². The molecule has 2 amide bonds. The summed E-state index contributed by atoms with van der Waals surface area (Å²) in [7, 11) is 0. The zero-order chi connectivity index (χ0) is 21.1. The van der Waals surface area contributed by atoms with Crippen LogP contribution in [0.25, 0.3) is 0 Å². The molecule has 3 aromatic rings. The van der Waals surface area contributed by atoms with Crippen LogP contribution in [0.1, 0.15) is 10.4 Å². The number of carbonyl (C=O) groups is 2. The number of anilines is 2. The van der Waals surface area contributed by atoms with E-state index in [4.69, 9.17) is 9.47 Å². The molecule has 1 aliphatic heterocycles. The van der Waals surface area contributed by atoms with E-state index < -0.39 is 17.6 Å². The monoisotopic (exact) mass is 409 g/mol. The fourth-order valence-electron chi connectivity index (χ4n) is 2.88. The first-order valence-corrected chi connectivity index (χ1v) is 8.95. The molecule has 0 atom stereocenters. The minimum Gasteiger partial charge on any atom is -0.454 e. The molecule has 9 heteroatoms. The first kappa shape index (κ1) is 19.2. The molecule has 0 unspecified atom stereocenters. The van der Waals surface area contributed by atoms with Gasteiger partial charge < -0.3 is 24.7 Å². The number of hydrogen-bond acceptors (Lipinski definition) is 5. The molecule has 0 bridgehead atoms. The number of pyridine rings is 1. The molecule has 8 nitrogen and oxygen atoms in total. The van der Waals surface area contributed by atoms with Gasteiger partial charge >= 0.3 is 0 Å². The van der Waals surface area contributed by atoms with Gasteiger partial charge in [-0.05, 0) is 42.5 Å². The lowest BCUT2D eigenvalue weighted by atomic mass is 10.2. The summed E-state index contributed by atoms with van der Waals surface area (Å²) in [6, 6.07) is 13.0. The van der Waals surface area contributed by atoms with E-state index in [1.54, 1.807) is 30.3 Å². The van der Waals surface area contributed by atoms with Gasteiger partial charge in [0, 0.05) is 23.5 Å². The molecular weight excluding hydrogens is 393 g/mol. The lowest BCUT2D eigenvalue weighted by molar-refractivity contribution is -0.116. The molecule has 2 aromatic carbocycles. The van der Waals surface area contributed by atoms with E-state index >= 15 is 0 Å². The Morgan fingerprint density at radius 1 is 1.00 bits per heavy atom. The van der Waals surface area contributed by atoms with Gasteiger partial charge in [0.15, 0.2) is 11.5 Å². The molecule has 1 aliphatic rings. The van der Waals surface area contributed by atoms with Crippen molar-refractivity contribution in [1.29, 1.82) is 0 Å². The van der Waals surface area contributed by atoms with Crippen LogP contribution in [0.4, 0.5) is 15.8 Å². The lowest BCUT2D eigenvalue weighted by Gasteiger charge is -2.11. The van der Waals surface area contributed by atoms with Crippen molar-refractivity contribution in [2.24, 2.45) is 0 Å². The Morgan fingerprint density at radius 2 is 1.83 bits per heavy atom. The van der Waals surface area contributed by atoms with Gasteiger partial charge in [-0.25, -0.2) is 4.39 Å². The normalized spacial score (nSPS) is 11.8. The smallest absolute Gasteiger partial charge is 0.255 e. The van der Waals surface area contributed by atoms with E-state index in [9.17, 15) is 18.8 Å². The average molecular weight is 409 g/mol. The summed E-state index contributed by atoms with van der Waals surface area (Å²) >= 11 is 0. The molecule has 2 heterocycles. The zero-order valence-electron chi connectivity index (χ0n) is 15.6. The van der Waals surface area contributed by atoms with Gasteiger partial charge in [-0.1, -0.05) is 6.07 Å². The van der Waals surface area contributed by atoms with Crippen molar-refractivity contribution in [1.82, 2.24) is 4.57 Å². The fraction of sp³-hybridized carbons (Fsp3) is 0.0952. The van der Waals surface area contributed by atoms with Crippen LogP contribution in [0.5, 0.6) is 11.5 Å². The van der Waals surface area contributed by atoms with Crippen molar-refractivity contribution >= 4 is 23.2 Å². The Morgan fingerprint density at radius 3 is 2.67 bits per heavy atom. The van der Waals surface area contributed by atoms with Crippen LogP contribution in [-0.2, 0) is 11.3 Å². The standard InChI is InChI=1S/C21H16FN3O5/c22-15-6-5-14(23-21(28)13-4-7-17-18(9-13)30-12-29-17)10-16(15)24-19(26)11-25-8-2-1-3-20(25)27/h1-10H,11-12H2,(H,23,28)(H,24,26). The largest absolute Gasteiger partial charge is 0.454 e. The number of hydrogen-bond donors (Lipinski definition) is 2. The zero-order valence-corrected chi connectivity index (χ0v) is 15.6. The maximum Gasteiger partial charge on any atom is 0.255 e. The molecule has 0 radical (unpaired) electrons. The molecular formula is C21H16FN3O5. The van der Waals surface area contributed by atoms with Crippen LogP contribution < -0.4 is 25.7 Å². The van der Waals surface area contributed by atoms with Crippen LogP contribution >= 0.6 is 0 Å². The summed E-state index contributed by atoms with van der Waals surface area (Å²) in [6.07, 6.45) is 1.46. The van der Waals surface area contributed by atoms with E-state index in [1.807, 2.05) is 0 Å². The lowest BCUT2D eigenvalue weighted by Crippen LogP contribution is -2.26. The molecule has 4 rings (SSSR count). The molecule has 2 N–H and O–H groups in total. The molecule has 30 heavy (non-hydrogen) atoms. The van der Waals surface area contributed by atoms with Crippen molar-refractivity contribution in [3.8, 4) is 11.5 Å². The summed E-state index contributed by atoms with van der Waals surface area (Å²) in [5.74, 6) is -0.680. The third-order valence-electron chi connectivity index (χ3n) is 4.35. The SMILES string of the molecule is O=C(Cn1ccccc1=O)Nc1cc(NC(=O)c2ccc3c(c2)OCO3)ccc1F. The van der Waals surface area contributed by atoms with Gasteiger partial charge in [-0.2, -0.15) is 0 Å². The number of carbonyl (C=O) groups excluding carboxylic acids is 2. The van der Waals surface area contributed by atoms with Crippen LogP contribution in [-0.4, -0.2) is 23.2 Å². The maximum absolute atomic E-state index is 14.1. The molecule has 152 valence electrons. The van der Waals surface area contributed by atoms with Crippen molar-refractivity contribution in [2.45, 2.75) is 6.54 Å². The number of aromatic nitrogens is 1. The minimum atomic E-state index is -0.676. The molecule has 0 saturated carbocycles. The van der Waals surface area contributed by atoms with E-state index in [1.165, 1.54) is 29.0 Å². The van der Waals surface area contributed by atoms with Gasteiger partial charge in [-0.15, -0.1) is 0 Å². The van der Waals surface area contributed by atoms with Crippen molar-refractivity contribution in [2.75, 3.05) is 17.4 Å². The first-order chi connectivity index (χ1) is 14.5. The van der Waals surface area contributed by atoms with Crippen molar-refractivity contribution < 1.29 is 23.5 Å². The van der Waals surface area contributed by atoms with Gasteiger partial charge in [-0.3, -0.25) is 14.4 Å². The third-order valence-corrected chi connectivity index (χ3v) is 4.35. The number of amides is 2. The van der Waals surface area contributed by atoms with Crippen LogP contribution in [0, 0.1) is 5.82 Å². The summed E-state index contributed by atoms with van der Waals surface area (Å²) in [4.78, 5) is 36.4. The Bertz CT molecular complexity index is 1190. The van der Waals surface area contributed by atoms with Gasteiger partial charge in [0.1, 0.15) is 12.4 Å². The van der Waals surface area contributed by atoms with E-state index in [-0.39, 0.29) is 30.3 Å². The number of rotatable bonds is 5. The average Bonchev–Trinajstić information content (AvgIpc) is 3.20. The summed E-state index contributed by atoms with van der Waals surface area (Å²) in [6.45, 7) is -0.177. The quantitative estimate of drug-likeness (QED) is 0.675. The second kappa shape index (κ2) is 8.08. The predicted octanol–water partition coefficient (Wildman–Crippen LogP) is 2.61. The summed E-state index contributed by atoms with van der Waals surface area (Å²) in [5, 5.41) is 5.05. The highest BCUT2D eigenvalue weighted by atomic mass is 19.1. The molecule has 0 aliphatic carbocycles. The molecule has 0 fully saturated rings.